The zero-order valence-corrected chi connectivity index (χ0v) is 32.2. The van der Waals surface area contributed by atoms with Crippen molar-refractivity contribution < 1.29 is 14.2 Å². The maximum atomic E-state index is 6.32. The Kier molecular flexibility index (Phi) is 13.6. The van der Waals surface area contributed by atoms with Crippen molar-refractivity contribution in [1.29, 1.82) is 0 Å². The fraction of sp³-hybridized carbons (Fsp3) is 0.125. The molecule has 0 radical (unpaired) electrons. The lowest BCUT2D eigenvalue weighted by molar-refractivity contribution is 0.223. The van der Waals surface area contributed by atoms with Crippen LogP contribution < -0.4 is 14.2 Å². The Morgan fingerprint density at radius 3 is 0.600 bits per heavy atom. The second kappa shape index (κ2) is 16.0. The summed E-state index contributed by atoms with van der Waals surface area (Å²) >= 11 is 93.1. The smallest absolute Gasteiger partial charge is 0.326 e. The van der Waals surface area contributed by atoms with E-state index < -0.39 is 0 Å². The van der Waals surface area contributed by atoms with E-state index in [0.29, 0.717) is 0 Å². The molecular weight excluding hydrogens is 910 g/mol. The summed E-state index contributed by atoms with van der Waals surface area (Å²) in [5.74, 6) is 0. The van der Waals surface area contributed by atoms with Crippen molar-refractivity contribution in [2.45, 2.75) is 19.8 Å². The molecule has 4 rings (SSSR count). The van der Waals surface area contributed by atoms with Gasteiger partial charge in [-0.3, -0.25) is 0 Å². The highest BCUT2D eigenvalue weighted by molar-refractivity contribution is 6.57. The van der Waals surface area contributed by atoms with Gasteiger partial charge in [0.15, 0.2) is 0 Å². The van der Waals surface area contributed by atoms with Crippen molar-refractivity contribution in [3.05, 3.63) is 92.0 Å². The highest BCUT2D eigenvalue weighted by Crippen LogP contribution is 2.46. The van der Waals surface area contributed by atoms with E-state index in [0.717, 1.165) is 0 Å². The van der Waals surface area contributed by atoms with E-state index in [4.69, 9.17) is 188 Å². The molecule has 6 nitrogen and oxygen atoms in total. The van der Waals surface area contributed by atoms with Gasteiger partial charge in [0.05, 0.1) is 75.3 Å². The van der Waals surface area contributed by atoms with Crippen LogP contribution in [0.25, 0.3) is 0 Å². The monoisotopic (exact) mass is 909 g/mol. The largest absolute Gasteiger partial charge is 0.458 e. The molecule has 0 atom stereocenters. The molecule has 1 heterocycles. The predicted molar refractivity (Wildman–Crippen MR) is 187 cm³/mol. The average molecular weight is 916 g/mol. The van der Waals surface area contributed by atoms with Gasteiger partial charge in [-0.2, -0.15) is 0 Å². The van der Waals surface area contributed by atoms with Crippen LogP contribution in [-0.4, -0.2) is 15.0 Å². The molecule has 1 aromatic heterocycles. The highest BCUT2D eigenvalue weighted by Gasteiger charge is 2.24. The van der Waals surface area contributed by atoms with Gasteiger partial charge in [0.25, 0.3) is 0 Å². The first-order valence-electron chi connectivity index (χ1n) is 11.2. The van der Waals surface area contributed by atoms with Gasteiger partial charge in [-0.25, -0.2) is 0 Å². The summed E-state index contributed by atoms with van der Waals surface area (Å²) in [6.45, 7) is -1.01. The summed E-state index contributed by atoms with van der Waals surface area (Å²) in [6, 6.07) is -1.01. The predicted octanol–water partition coefficient (Wildman–Crippen LogP) is 14.4. The summed E-state index contributed by atoms with van der Waals surface area (Å²) in [4.78, 5) is 12.4. The molecule has 0 saturated carbocycles. The first-order chi connectivity index (χ1) is 21.1. The van der Waals surface area contributed by atoms with Crippen LogP contribution in [0.4, 0.5) is 0 Å². The van der Waals surface area contributed by atoms with Crippen molar-refractivity contribution in [2.75, 3.05) is 0 Å². The Morgan fingerprint density at radius 1 is 0.267 bits per heavy atom. The number of hydrogen-bond donors (Lipinski definition) is 0. The van der Waals surface area contributed by atoms with E-state index in [1.54, 1.807) is 0 Å². The number of hydrogen-bond acceptors (Lipinski definition) is 6. The molecule has 0 aliphatic heterocycles. The topological polar surface area (TPSA) is 66.4 Å². The summed E-state index contributed by atoms with van der Waals surface area (Å²) in [7, 11) is 0. The first kappa shape index (κ1) is 38.2. The summed E-state index contributed by atoms with van der Waals surface area (Å²) in [5.41, 5.74) is 0.531. The van der Waals surface area contributed by atoms with Crippen molar-refractivity contribution in [2.24, 2.45) is 0 Å². The molecule has 0 unspecified atom stereocenters. The fourth-order valence-electron chi connectivity index (χ4n) is 3.26. The SMILES string of the molecule is Clc1c(Cl)c(Cl)c(COc2nc(OCc3c(Cl)c(Cl)c(Cl)c(Cl)c3Cl)nc(OCc3c(Cl)c(Cl)c(Cl)c(Cl)c3Cl)n2)c(Cl)c1Cl. The van der Waals surface area contributed by atoms with E-state index in [1.807, 2.05) is 0 Å². The summed E-state index contributed by atoms with van der Waals surface area (Å²) in [6.07, 6.45) is 0. The molecular formula is C24H6Cl15N3O3. The van der Waals surface area contributed by atoms with Crippen molar-refractivity contribution in [3.63, 3.8) is 0 Å². The third kappa shape index (κ3) is 8.09. The lowest BCUT2D eigenvalue weighted by Crippen LogP contribution is -2.09. The van der Waals surface area contributed by atoms with Gasteiger partial charge in [-0.15, -0.1) is 15.0 Å². The summed E-state index contributed by atoms with van der Waals surface area (Å²) < 4.78 is 17.2. The number of ether oxygens (including phenoxy) is 3. The molecule has 0 fully saturated rings. The van der Waals surface area contributed by atoms with Crippen LogP contribution in [0.5, 0.6) is 18.0 Å². The number of aromatic nitrogens is 3. The summed E-state index contributed by atoms with van der Waals surface area (Å²) in [5, 5.41) is -0.462. The maximum Gasteiger partial charge on any atom is 0.326 e. The van der Waals surface area contributed by atoms with Crippen molar-refractivity contribution in [3.8, 4) is 18.0 Å². The zero-order chi connectivity index (χ0) is 33.5. The van der Waals surface area contributed by atoms with E-state index in [2.05, 4.69) is 15.0 Å². The Bertz CT molecular complexity index is 1530. The zero-order valence-electron chi connectivity index (χ0n) is 20.9. The van der Waals surface area contributed by atoms with Crippen LogP contribution in [0.2, 0.25) is 75.3 Å². The molecule has 0 aliphatic carbocycles. The van der Waals surface area contributed by atoms with Crippen molar-refractivity contribution >= 4 is 174 Å². The number of rotatable bonds is 9. The van der Waals surface area contributed by atoms with Gasteiger partial charge >= 0.3 is 18.0 Å². The minimum absolute atomic E-state index is 0.0142. The standard InChI is InChI=1S/C24H6Cl15N3O3/c25-7-4(8(26)14(32)19(37)13(7)31)1-43-22-40-23(44-2-5-9(27)15(33)20(38)16(34)10(5)28)42-24(41-22)45-3-6-11(29)17(35)21(39)18(36)12(6)30/h1-3H2. The molecule has 240 valence electrons. The van der Waals surface area contributed by atoms with Crippen LogP contribution in [0.3, 0.4) is 0 Å². The normalized spacial score (nSPS) is 11.3. The molecule has 4 aromatic rings. The molecule has 0 bridgehead atoms. The van der Waals surface area contributed by atoms with Gasteiger partial charge in [0, 0.05) is 16.7 Å². The number of nitrogens with zero attached hydrogens (tertiary/aromatic N) is 3. The average Bonchev–Trinajstić information content (AvgIpc) is 3.02. The van der Waals surface area contributed by atoms with Crippen LogP contribution in [-0.2, 0) is 19.8 Å². The second-order valence-electron chi connectivity index (χ2n) is 8.19. The number of benzene rings is 3. The molecule has 0 N–H and O–H groups in total. The molecule has 45 heavy (non-hydrogen) atoms. The van der Waals surface area contributed by atoms with Crippen LogP contribution in [0.15, 0.2) is 0 Å². The molecule has 0 saturated heterocycles. The van der Waals surface area contributed by atoms with E-state index >= 15 is 0 Å². The van der Waals surface area contributed by atoms with E-state index in [9.17, 15) is 0 Å². The molecule has 21 heteroatoms. The minimum Gasteiger partial charge on any atom is -0.458 e. The molecule has 3 aromatic carbocycles. The lowest BCUT2D eigenvalue weighted by Gasteiger charge is -2.15. The molecule has 0 spiro atoms. The van der Waals surface area contributed by atoms with Crippen LogP contribution in [0.1, 0.15) is 16.7 Å². The van der Waals surface area contributed by atoms with Crippen LogP contribution >= 0.6 is 174 Å². The maximum absolute atomic E-state index is 6.32. The lowest BCUT2D eigenvalue weighted by atomic mass is 10.2. The van der Waals surface area contributed by atoms with Crippen molar-refractivity contribution in [1.82, 2.24) is 15.0 Å². The van der Waals surface area contributed by atoms with Gasteiger partial charge in [-0.1, -0.05) is 174 Å². The third-order valence-corrected chi connectivity index (χ3v) is 12.6. The first-order valence-corrected chi connectivity index (χ1v) is 16.9. The number of halogens is 15. The highest BCUT2D eigenvalue weighted by atomic mass is 35.5. The Balaban J connectivity index is 1.69. The van der Waals surface area contributed by atoms with Gasteiger partial charge < -0.3 is 14.2 Å². The quantitative estimate of drug-likeness (QED) is 0.123. The van der Waals surface area contributed by atoms with E-state index in [1.165, 1.54) is 0 Å². The Labute approximate surface area is 329 Å². The third-order valence-electron chi connectivity index (χ3n) is 5.51. The van der Waals surface area contributed by atoms with Gasteiger partial charge in [0.2, 0.25) is 0 Å². The molecule has 0 aliphatic rings. The minimum atomic E-state index is -0.336. The second-order valence-corrected chi connectivity index (χ2v) is 13.9. The fourth-order valence-corrected chi connectivity index (χ4v) is 7.12. The molecule has 0 amide bonds. The van der Waals surface area contributed by atoms with Gasteiger partial charge in [-0.05, 0) is 0 Å². The van der Waals surface area contributed by atoms with Gasteiger partial charge in [0.1, 0.15) is 19.8 Å². The Hall–Kier alpha value is 0.420. The van der Waals surface area contributed by atoms with E-state index in [-0.39, 0.29) is 130 Å². The Morgan fingerprint density at radius 2 is 0.422 bits per heavy atom. The van der Waals surface area contributed by atoms with Crippen LogP contribution in [0, 0.1) is 0 Å².